The summed E-state index contributed by atoms with van der Waals surface area (Å²) >= 11 is 0. The summed E-state index contributed by atoms with van der Waals surface area (Å²) < 4.78 is 1.93. The molecule has 0 fully saturated rings. The van der Waals surface area contributed by atoms with Crippen LogP contribution in [0.5, 0.6) is 0 Å². The van der Waals surface area contributed by atoms with Gasteiger partial charge in [-0.3, -0.25) is 4.68 Å². The number of aliphatic hydroxyl groups is 1. The minimum absolute atomic E-state index is 0. The van der Waals surface area contributed by atoms with Crippen LogP contribution in [-0.4, -0.2) is 40.5 Å². The van der Waals surface area contributed by atoms with Crippen LogP contribution in [0, 0.1) is 0 Å². The summed E-state index contributed by atoms with van der Waals surface area (Å²) in [5, 5.41) is 20.8. The highest BCUT2D eigenvalue weighted by molar-refractivity contribution is 14.0. The van der Waals surface area contributed by atoms with Gasteiger partial charge in [0.05, 0.1) is 25.9 Å². The smallest absolute Gasteiger partial charge is 0.191 e. The molecule has 0 radical (unpaired) electrons. The molecule has 0 saturated heterocycles. The first-order chi connectivity index (χ1) is 14.3. The van der Waals surface area contributed by atoms with Crippen molar-refractivity contribution in [2.24, 2.45) is 4.99 Å². The first-order valence-electron chi connectivity index (χ1n) is 10.0. The maximum Gasteiger partial charge on any atom is 0.191 e. The van der Waals surface area contributed by atoms with Crippen molar-refractivity contribution in [2.45, 2.75) is 25.9 Å². The average Bonchev–Trinajstić information content (AvgIpc) is 3.21. The molecule has 1 unspecified atom stereocenters. The summed E-state index contributed by atoms with van der Waals surface area (Å²) in [5.74, 6) is 0.756. The fourth-order valence-electron chi connectivity index (χ4n) is 3.09. The van der Waals surface area contributed by atoms with Crippen molar-refractivity contribution in [2.75, 3.05) is 19.7 Å². The van der Waals surface area contributed by atoms with Crippen LogP contribution < -0.4 is 10.6 Å². The summed E-state index contributed by atoms with van der Waals surface area (Å²) in [6.07, 6.45) is 3.89. The second-order valence-corrected chi connectivity index (χ2v) is 6.90. The summed E-state index contributed by atoms with van der Waals surface area (Å²) in [6.45, 7) is 4.80. The minimum Gasteiger partial charge on any atom is -0.396 e. The largest absolute Gasteiger partial charge is 0.396 e. The Morgan fingerprint density at radius 2 is 1.73 bits per heavy atom. The predicted octanol–water partition coefficient (Wildman–Crippen LogP) is 3.38. The Balaban J connectivity index is 0.00000320. The molecule has 0 saturated carbocycles. The normalized spacial score (nSPS) is 12.1. The Morgan fingerprint density at radius 3 is 2.40 bits per heavy atom. The molecule has 3 N–H and O–H groups in total. The quantitative estimate of drug-likeness (QED) is 0.230. The number of hydrogen-bond donors (Lipinski definition) is 3. The number of aromatic nitrogens is 2. The van der Waals surface area contributed by atoms with Crippen LogP contribution in [0.3, 0.4) is 0 Å². The minimum atomic E-state index is 0. The van der Waals surface area contributed by atoms with Crippen molar-refractivity contribution in [3.05, 3.63) is 89.7 Å². The molecule has 0 aliphatic rings. The van der Waals surface area contributed by atoms with Crippen molar-refractivity contribution in [3.8, 4) is 0 Å². The average molecular weight is 519 g/mol. The second kappa shape index (κ2) is 13.0. The summed E-state index contributed by atoms with van der Waals surface area (Å²) in [7, 11) is 0. The van der Waals surface area contributed by atoms with E-state index in [0.29, 0.717) is 13.1 Å². The van der Waals surface area contributed by atoms with E-state index in [-0.39, 0.29) is 36.5 Å². The zero-order chi connectivity index (χ0) is 20.3. The van der Waals surface area contributed by atoms with Crippen LogP contribution in [-0.2, 0) is 13.1 Å². The Labute approximate surface area is 195 Å². The van der Waals surface area contributed by atoms with Crippen LogP contribution >= 0.6 is 24.0 Å². The second-order valence-electron chi connectivity index (χ2n) is 6.90. The van der Waals surface area contributed by atoms with Gasteiger partial charge < -0.3 is 15.7 Å². The molecule has 0 aliphatic carbocycles. The highest BCUT2D eigenvalue weighted by atomic mass is 127. The number of aliphatic hydroxyl groups excluding tert-OH is 1. The van der Waals surface area contributed by atoms with Gasteiger partial charge in [-0.15, -0.1) is 24.0 Å². The van der Waals surface area contributed by atoms with E-state index in [1.165, 1.54) is 5.56 Å². The van der Waals surface area contributed by atoms with Gasteiger partial charge in [0.2, 0.25) is 0 Å². The lowest BCUT2D eigenvalue weighted by Gasteiger charge is -2.18. The van der Waals surface area contributed by atoms with Gasteiger partial charge in [0.1, 0.15) is 0 Å². The van der Waals surface area contributed by atoms with Gasteiger partial charge in [-0.2, -0.15) is 5.10 Å². The van der Waals surface area contributed by atoms with Gasteiger partial charge in [0.25, 0.3) is 0 Å². The number of hydrogen-bond acceptors (Lipinski definition) is 3. The van der Waals surface area contributed by atoms with E-state index in [4.69, 9.17) is 0 Å². The molecule has 7 heteroatoms. The summed E-state index contributed by atoms with van der Waals surface area (Å²) in [5.41, 5.74) is 3.39. The van der Waals surface area contributed by atoms with Crippen LogP contribution in [0.1, 0.15) is 29.5 Å². The molecule has 1 aromatic heterocycles. The third-order valence-corrected chi connectivity index (χ3v) is 4.65. The molecule has 0 bridgehead atoms. The molecule has 2 aromatic carbocycles. The van der Waals surface area contributed by atoms with Crippen molar-refractivity contribution >= 4 is 29.9 Å². The van der Waals surface area contributed by atoms with Crippen LogP contribution in [0.15, 0.2) is 78.0 Å². The molecule has 0 aliphatic heterocycles. The highest BCUT2D eigenvalue weighted by Gasteiger charge is 2.11. The number of halogens is 1. The molecular formula is C23H30IN5O. The van der Waals surface area contributed by atoms with Crippen LogP contribution in [0.2, 0.25) is 0 Å². The van der Waals surface area contributed by atoms with Gasteiger partial charge >= 0.3 is 0 Å². The summed E-state index contributed by atoms with van der Waals surface area (Å²) in [6, 6.07) is 20.3. The SMILES string of the molecule is CCNC(=NCc1cnn(Cc2ccccc2)c1)NCC(CO)c1ccccc1.I. The fourth-order valence-corrected chi connectivity index (χ4v) is 3.09. The van der Waals surface area contributed by atoms with Gasteiger partial charge in [-0.25, -0.2) is 4.99 Å². The Hall–Kier alpha value is -2.39. The number of aliphatic imine (C=N–C) groups is 1. The number of guanidine groups is 1. The van der Waals surface area contributed by atoms with E-state index in [9.17, 15) is 5.11 Å². The maximum atomic E-state index is 9.74. The zero-order valence-electron chi connectivity index (χ0n) is 17.2. The first kappa shape index (κ1) is 23.9. The van der Waals surface area contributed by atoms with E-state index in [1.54, 1.807) is 0 Å². The molecule has 30 heavy (non-hydrogen) atoms. The Morgan fingerprint density at radius 1 is 1.03 bits per heavy atom. The van der Waals surface area contributed by atoms with Crippen molar-refractivity contribution in [1.29, 1.82) is 0 Å². The molecule has 0 amide bonds. The van der Waals surface area contributed by atoms with E-state index >= 15 is 0 Å². The molecule has 160 valence electrons. The fraction of sp³-hybridized carbons (Fsp3) is 0.304. The van der Waals surface area contributed by atoms with E-state index in [1.807, 2.05) is 72.5 Å². The van der Waals surface area contributed by atoms with Gasteiger partial charge in [-0.1, -0.05) is 60.7 Å². The van der Waals surface area contributed by atoms with Crippen molar-refractivity contribution < 1.29 is 5.11 Å². The van der Waals surface area contributed by atoms with Crippen LogP contribution in [0.25, 0.3) is 0 Å². The molecule has 1 atom stereocenters. The lowest BCUT2D eigenvalue weighted by atomic mass is 10.0. The van der Waals surface area contributed by atoms with E-state index < -0.39 is 0 Å². The summed E-state index contributed by atoms with van der Waals surface area (Å²) in [4.78, 5) is 4.66. The molecule has 1 heterocycles. The number of nitrogens with zero attached hydrogens (tertiary/aromatic N) is 3. The van der Waals surface area contributed by atoms with Gasteiger partial charge in [0, 0.05) is 30.8 Å². The third kappa shape index (κ3) is 7.46. The molecule has 3 aromatic rings. The number of rotatable bonds is 9. The molecule has 6 nitrogen and oxygen atoms in total. The topological polar surface area (TPSA) is 74.5 Å². The monoisotopic (exact) mass is 519 g/mol. The Kier molecular flexibility index (Phi) is 10.4. The standard InChI is InChI=1S/C23H29N5O.HI/c1-2-24-23(26-15-22(18-29)21-11-7-4-8-12-21)25-13-20-14-27-28(17-20)16-19-9-5-3-6-10-19;/h3-12,14,17,22,29H,2,13,15-16,18H2,1H3,(H2,24,25,26);1H. The molecule has 3 rings (SSSR count). The van der Waals surface area contributed by atoms with E-state index in [0.717, 1.165) is 30.2 Å². The zero-order valence-corrected chi connectivity index (χ0v) is 19.6. The molecular weight excluding hydrogens is 489 g/mol. The van der Waals surface area contributed by atoms with Gasteiger partial charge in [-0.05, 0) is 18.1 Å². The van der Waals surface area contributed by atoms with Crippen LogP contribution in [0.4, 0.5) is 0 Å². The Bertz CT molecular complexity index is 883. The number of nitrogens with one attached hydrogen (secondary N) is 2. The number of benzene rings is 2. The van der Waals surface area contributed by atoms with Crippen molar-refractivity contribution in [1.82, 2.24) is 20.4 Å². The first-order valence-corrected chi connectivity index (χ1v) is 10.0. The lowest BCUT2D eigenvalue weighted by Crippen LogP contribution is -2.39. The maximum absolute atomic E-state index is 9.74. The van der Waals surface area contributed by atoms with E-state index in [2.05, 4.69) is 32.9 Å². The lowest BCUT2D eigenvalue weighted by molar-refractivity contribution is 0.265. The van der Waals surface area contributed by atoms with Crippen molar-refractivity contribution in [3.63, 3.8) is 0 Å². The molecule has 0 spiro atoms. The predicted molar refractivity (Wildman–Crippen MR) is 132 cm³/mol. The van der Waals surface area contributed by atoms with Gasteiger partial charge in [0.15, 0.2) is 5.96 Å². The highest BCUT2D eigenvalue weighted by Crippen LogP contribution is 2.13. The third-order valence-electron chi connectivity index (χ3n) is 4.65.